The molecule has 27 heavy (non-hydrogen) atoms. The molecule has 0 fully saturated rings. The lowest BCUT2D eigenvalue weighted by molar-refractivity contribution is -0.136. The van der Waals surface area contributed by atoms with Gasteiger partial charge in [-0.3, -0.25) is 9.59 Å². The second-order valence-electron chi connectivity index (χ2n) is 7.51. The molecule has 144 valence electrons. The number of rotatable bonds is 6. The van der Waals surface area contributed by atoms with Crippen LogP contribution in [-0.2, 0) is 21.4 Å². The maximum atomic E-state index is 12.2. The molecule has 0 atom stereocenters. The summed E-state index contributed by atoms with van der Waals surface area (Å²) in [5, 5.41) is 21.3. The van der Waals surface area contributed by atoms with Gasteiger partial charge in [0.05, 0.1) is 12.1 Å². The average molecular weight is 371 g/mol. The fourth-order valence-electron chi connectivity index (χ4n) is 2.65. The molecule has 2 rings (SSSR count). The maximum absolute atomic E-state index is 12.2. The van der Waals surface area contributed by atoms with Gasteiger partial charge in [-0.1, -0.05) is 44.5 Å². The van der Waals surface area contributed by atoms with E-state index in [1.165, 1.54) is 18.2 Å². The van der Waals surface area contributed by atoms with Crippen molar-refractivity contribution in [2.24, 2.45) is 0 Å². The first-order chi connectivity index (χ1) is 12.6. The van der Waals surface area contributed by atoms with Crippen molar-refractivity contribution < 1.29 is 24.5 Å². The van der Waals surface area contributed by atoms with Crippen LogP contribution in [0.15, 0.2) is 36.4 Å². The predicted molar refractivity (Wildman–Crippen MR) is 103 cm³/mol. The van der Waals surface area contributed by atoms with Gasteiger partial charge in [0, 0.05) is 0 Å². The highest BCUT2D eigenvalue weighted by atomic mass is 16.5. The Kier molecular flexibility index (Phi) is 6.10. The lowest BCUT2D eigenvalue weighted by Crippen LogP contribution is -2.22. The van der Waals surface area contributed by atoms with Crippen LogP contribution in [0.4, 0.5) is 5.69 Å². The second-order valence-corrected chi connectivity index (χ2v) is 7.51. The zero-order valence-corrected chi connectivity index (χ0v) is 16.0. The fraction of sp³-hybridized carbons (Fsp3) is 0.333. The minimum Gasteiger partial charge on any atom is -0.506 e. The van der Waals surface area contributed by atoms with E-state index in [0.29, 0.717) is 11.3 Å². The van der Waals surface area contributed by atoms with Crippen LogP contribution >= 0.6 is 0 Å². The van der Waals surface area contributed by atoms with Gasteiger partial charge in [0.25, 0.3) is 5.91 Å². The van der Waals surface area contributed by atoms with Gasteiger partial charge in [-0.05, 0) is 41.7 Å². The lowest BCUT2D eigenvalue weighted by Gasteiger charge is -2.23. The number of carboxylic acid groups (broad SMARTS) is 1. The zero-order chi connectivity index (χ0) is 20.2. The van der Waals surface area contributed by atoms with Crippen molar-refractivity contribution in [2.45, 2.75) is 39.5 Å². The Morgan fingerprint density at radius 2 is 1.81 bits per heavy atom. The summed E-state index contributed by atoms with van der Waals surface area (Å²) < 4.78 is 5.70. The van der Waals surface area contributed by atoms with Crippen molar-refractivity contribution in [2.75, 3.05) is 11.9 Å². The number of aromatic hydroxyl groups is 1. The highest BCUT2D eigenvalue weighted by molar-refractivity contribution is 5.93. The Bertz CT molecular complexity index is 852. The van der Waals surface area contributed by atoms with Crippen LogP contribution < -0.4 is 10.1 Å². The molecule has 0 aromatic heterocycles. The average Bonchev–Trinajstić information content (AvgIpc) is 2.55. The van der Waals surface area contributed by atoms with Crippen molar-refractivity contribution in [3.05, 3.63) is 53.1 Å². The largest absolute Gasteiger partial charge is 0.506 e. The maximum Gasteiger partial charge on any atom is 0.307 e. The molecule has 0 spiro atoms. The van der Waals surface area contributed by atoms with Gasteiger partial charge in [-0.15, -0.1) is 0 Å². The van der Waals surface area contributed by atoms with Gasteiger partial charge in [0.15, 0.2) is 6.61 Å². The number of hydrogen-bond donors (Lipinski definition) is 3. The van der Waals surface area contributed by atoms with Crippen molar-refractivity contribution >= 4 is 17.6 Å². The molecule has 2 aromatic carbocycles. The minimum atomic E-state index is -0.990. The van der Waals surface area contributed by atoms with Crippen LogP contribution in [0.3, 0.4) is 0 Å². The summed E-state index contributed by atoms with van der Waals surface area (Å²) in [4.78, 5) is 23.0. The Morgan fingerprint density at radius 3 is 2.44 bits per heavy atom. The molecule has 0 aliphatic rings. The summed E-state index contributed by atoms with van der Waals surface area (Å²) in [6.07, 6.45) is -0.196. The van der Waals surface area contributed by atoms with Gasteiger partial charge >= 0.3 is 5.97 Å². The molecule has 0 radical (unpaired) electrons. The molecule has 3 N–H and O–H groups in total. The van der Waals surface area contributed by atoms with Crippen LogP contribution in [0.5, 0.6) is 11.5 Å². The van der Waals surface area contributed by atoms with E-state index < -0.39 is 11.9 Å². The molecule has 2 aromatic rings. The van der Waals surface area contributed by atoms with E-state index in [1.807, 2.05) is 25.1 Å². The number of amides is 1. The molecular weight excluding hydrogens is 346 g/mol. The Labute approximate surface area is 158 Å². The number of aliphatic carboxylic acids is 1. The molecule has 6 nitrogen and oxygen atoms in total. The zero-order valence-electron chi connectivity index (χ0n) is 16.0. The van der Waals surface area contributed by atoms with E-state index in [0.717, 1.165) is 11.1 Å². The lowest BCUT2D eigenvalue weighted by atomic mass is 9.85. The number of aryl methyl sites for hydroxylation is 1. The summed E-state index contributed by atoms with van der Waals surface area (Å²) >= 11 is 0. The summed E-state index contributed by atoms with van der Waals surface area (Å²) in [6, 6.07) is 10.1. The van der Waals surface area contributed by atoms with Crippen LogP contribution in [0, 0.1) is 6.92 Å². The third-order valence-corrected chi connectivity index (χ3v) is 3.99. The van der Waals surface area contributed by atoms with E-state index in [-0.39, 0.29) is 29.9 Å². The number of carbonyl (C=O) groups is 2. The number of ether oxygens (including phenoxy) is 1. The van der Waals surface area contributed by atoms with Crippen LogP contribution in [0.1, 0.15) is 37.5 Å². The third kappa shape index (κ3) is 5.74. The highest BCUT2D eigenvalue weighted by Crippen LogP contribution is 2.32. The number of nitrogens with one attached hydrogen (secondary N) is 1. The van der Waals surface area contributed by atoms with Crippen molar-refractivity contribution in [3.8, 4) is 11.5 Å². The molecule has 0 heterocycles. The van der Waals surface area contributed by atoms with Gasteiger partial charge in [0.1, 0.15) is 11.5 Å². The molecule has 0 saturated heterocycles. The molecule has 0 saturated carbocycles. The van der Waals surface area contributed by atoms with Crippen LogP contribution in [0.25, 0.3) is 0 Å². The summed E-state index contributed by atoms with van der Waals surface area (Å²) in [5.41, 5.74) is 2.60. The molecule has 1 amide bonds. The Morgan fingerprint density at radius 1 is 1.11 bits per heavy atom. The molecule has 0 bridgehead atoms. The summed E-state index contributed by atoms with van der Waals surface area (Å²) in [5.74, 6) is -0.941. The predicted octanol–water partition coefficient (Wildman–Crippen LogP) is 3.64. The molecule has 0 aliphatic carbocycles. The number of carbonyl (C=O) groups excluding carboxylic acids is 1. The van der Waals surface area contributed by atoms with E-state index in [1.54, 1.807) is 0 Å². The van der Waals surface area contributed by atoms with Gasteiger partial charge in [0.2, 0.25) is 0 Å². The Balaban J connectivity index is 2.09. The third-order valence-electron chi connectivity index (χ3n) is 3.99. The standard InChI is InChI=1S/C21H25NO5/c1-13-5-8-18(15(9-13)21(2,3)4)27-12-19(24)22-16-10-14(11-20(25)26)6-7-17(16)23/h5-10,23H,11-12H2,1-4H3,(H,22,24)(H,25,26). The molecule has 6 heteroatoms. The highest BCUT2D eigenvalue weighted by Gasteiger charge is 2.20. The topological polar surface area (TPSA) is 95.9 Å². The second kappa shape index (κ2) is 8.12. The number of carboxylic acids is 1. The molecular formula is C21H25NO5. The SMILES string of the molecule is Cc1ccc(OCC(=O)Nc2cc(CC(=O)O)ccc2O)c(C(C)(C)C)c1. The molecule has 0 aliphatic heterocycles. The van der Waals surface area contributed by atoms with Crippen molar-refractivity contribution in [1.82, 2.24) is 0 Å². The van der Waals surface area contributed by atoms with Gasteiger partial charge < -0.3 is 20.3 Å². The first kappa shape index (κ1) is 20.3. The van der Waals surface area contributed by atoms with Crippen molar-refractivity contribution in [1.29, 1.82) is 0 Å². The monoisotopic (exact) mass is 371 g/mol. The smallest absolute Gasteiger partial charge is 0.307 e. The van der Waals surface area contributed by atoms with E-state index in [4.69, 9.17) is 9.84 Å². The first-order valence-electron chi connectivity index (χ1n) is 8.63. The summed E-state index contributed by atoms with van der Waals surface area (Å²) in [7, 11) is 0. The van der Waals surface area contributed by atoms with Gasteiger partial charge in [-0.25, -0.2) is 0 Å². The van der Waals surface area contributed by atoms with E-state index >= 15 is 0 Å². The van der Waals surface area contributed by atoms with E-state index in [9.17, 15) is 14.7 Å². The number of hydrogen-bond acceptors (Lipinski definition) is 4. The summed E-state index contributed by atoms with van der Waals surface area (Å²) in [6.45, 7) is 7.98. The number of phenols is 1. The van der Waals surface area contributed by atoms with Gasteiger partial charge in [-0.2, -0.15) is 0 Å². The van der Waals surface area contributed by atoms with Crippen LogP contribution in [0.2, 0.25) is 0 Å². The Hall–Kier alpha value is -3.02. The minimum absolute atomic E-state index is 0.136. The molecule has 0 unspecified atom stereocenters. The normalized spacial score (nSPS) is 11.1. The first-order valence-corrected chi connectivity index (χ1v) is 8.63. The number of anilines is 1. The van der Waals surface area contributed by atoms with Crippen molar-refractivity contribution in [3.63, 3.8) is 0 Å². The van der Waals surface area contributed by atoms with E-state index in [2.05, 4.69) is 26.1 Å². The quantitative estimate of drug-likeness (QED) is 0.674. The number of benzene rings is 2. The van der Waals surface area contributed by atoms with Crippen LogP contribution in [-0.4, -0.2) is 28.7 Å². The fourth-order valence-corrected chi connectivity index (χ4v) is 2.65. The number of phenolic OH excluding ortho intramolecular Hbond substituents is 1.